The second kappa shape index (κ2) is 10.7. The summed E-state index contributed by atoms with van der Waals surface area (Å²) in [6.45, 7) is 7.55. The quantitative estimate of drug-likeness (QED) is 0.462. The van der Waals surface area contributed by atoms with Crippen molar-refractivity contribution in [2.75, 3.05) is 11.9 Å². The largest absolute Gasteiger partial charge is 0.503 e. The molecule has 196 valence electrons. The molecule has 2 aliphatic carbocycles. The van der Waals surface area contributed by atoms with Crippen LogP contribution in [-0.4, -0.2) is 60.9 Å². The summed E-state index contributed by atoms with van der Waals surface area (Å²) in [5, 5.41) is 31.1. The van der Waals surface area contributed by atoms with Crippen LogP contribution in [0.5, 0.6) is 0 Å². The van der Waals surface area contributed by atoms with E-state index >= 15 is 0 Å². The van der Waals surface area contributed by atoms with E-state index in [4.69, 9.17) is 29.9 Å². The first-order valence-electron chi connectivity index (χ1n) is 12.8. The second-order valence-corrected chi connectivity index (χ2v) is 9.90. The fourth-order valence-corrected chi connectivity index (χ4v) is 5.59. The lowest BCUT2D eigenvalue weighted by Crippen LogP contribution is -2.50. The van der Waals surface area contributed by atoms with Crippen LogP contribution in [0.25, 0.3) is 11.0 Å². The number of pyridine rings is 1. The number of oxime groups is 1. The fraction of sp³-hybridized carbons (Fsp3) is 0.640. The summed E-state index contributed by atoms with van der Waals surface area (Å²) >= 11 is 0. The zero-order valence-corrected chi connectivity index (χ0v) is 21.2. The predicted octanol–water partition coefficient (Wildman–Crippen LogP) is 4.14. The van der Waals surface area contributed by atoms with Crippen LogP contribution in [0.2, 0.25) is 0 Å². The number of aryl methyl sites for hydroxylation is 2. The number of nitrogens with zero attached hydrogens (tertiary/aromatic N) is 4. The van der Waals surface area contributed by atoms with E-state index < -0.39 is 6.16 Å². The first-order chi connectivity index (χ1) is 17.3. The minimum absolute atomic E-state index is 0.0231. The third-order valence-corrected chi connectivity index (χ3v) is 7.30. The highest BCUT2D eigenvalue weighted by Gasteiger charge is 2.53. The van der Waals surface area contributed by atoms with Crippen LogP contribution in [-0.2, 0) is 16.2 Å². The number of aromatic nitrogens is 3. The smallest absolute Gasteiger partial charge is 0.450 e. The number of hydrogen-bond acceptors (Lipinski definition) is 7. The van der Waals surface area contributed by atoms with Gasteiger partial charge in [0, 0.05) is 56.1 Å². The highest BCUT2D eigenvalue weighted by molar-refractivity contribution is 6.11. The van der Waals surface area contributed by atoms with Gasteiger partial charge >= 0.3 is 6.16 Å². The van der Waals surface area contributed by atoms with Crippen molar-refractivity contribution in [3.63, 3.8) is 0 Å². The Morgan fingerprint density at radius 3 is 2.53 bits per heavy atom. The number of amides is 1. The van der Waals surface area contributed by atoms with E-state index in [-0.39, 0.29) is 17.4 Å². The number of hydrogen-bond donors (Lipinski definition) is 4. The van der Waals surface area contributed by atoms with Crippen LogP contribution in [0.3, 0.4) is 0 Å². The molecular weight excluding hydrogens is 464 g/mol. The van der Waals surface area contributed by atoms with Crippen molar-refractivity contribution in [3.8, 4) is 0 Å². The van der Waals surface area contributed by atoms with Gasteiger partial charge in [-0.25, -0.2) is 14.5 Å². The topological polar surface area (TPSA) is 151 Å². The molecule has 0 aromatic carbocycles. The first-order valence-corrected chi connectivity index (χ1v) is 12.8. The molecular formula is C25H36N6O5. The van der Waals surface area contributed by atoms with E-state index in [0.717, 1.165) is 59.5 Å². The molecule has 0 bridgehead atoms. The van der Waals surface area contributed by atoms with E-state index in [9.17, 15) is 4.79 Å². The number of anilines is 1. The van der Waals surface area contributed by atoms with E-state index in [2.05, 4.69) is 29.6 Å². The number of carbonyl (C=O) groups excluding carboxylic acids is 1. The summed E-state index contributed by atoms with van der Waals surface area (Å²) in [6.07, 6.45) is 8.49. The second-order valence-electron chi connectivity index (χ2n) is 9.90. The molecule has 2 saturated carbocycles. The molecule has 0 unspecified atom stereocenters. The van der Waals surface area contributed by atoms with Gasteiger partial charge in [-0.2, -0.15) is 5.10 Å². The number of carboxylic acid groups (broad SMARTS) is 2. The first kappa shape index (κ1) is 25.7. The molecule has 1 amide bonds. The van der Waals surface area contributed by atoms with Crippen LogP contribution < -0.4 is 10.6 Å². The highest BCUT2D eigenvalue weighted by Crippen LogP contribution is 2.48. The maximum Gasteiger partial charge on any atom is 0.503 e. The molecule has 0 saturated heterocycles. The molecule has 11 heteroatoms. The molecule has 2 fully saturated rings. The molecule has 3 heterocycles. The zero-order chi connectivity index (χ0) is 25.9. The van der Waals surface area contributed by atoms with Crippen molar-refractivity contribution in [1.82, 2.24) is 20.1 Å². The lowest BCUT2D eigenvalue weighted by Gasteiger charge is -2.41. The molecule has 5 rings (SSSR count). The van der Waals surface area contributed by atoms with Crippen molar-refractivity contribution in [3.05, 3.63) is 17.5 Å². The van der Waals surface area contributed by atoms with Crippen molar-refractivity contribution < 1.29 is 24.6 Å². The van der Waals surface area contributed by atoms with Gasteiger partial charge in [0.05, 0.1) is 22.5 Å². The summed E-state index contributed by atoms with van der Waals surface area (Å²) in [4.78, 5) is 31.5. The molecule has 1 spiro atoms. The SMILES string of the molecule is CCNC(=O)C1CC2(CC(c3cnc4c(c(C)nn4CC)c3NC3CCCCC3)=NO2)C1.O=C(O)O. The third kappa shape index (κ3) is 5.24. The van der Waals surface area contributed by atoms with E-state index in [0.29, 0.717) is 12.6 Å². The van der Waals surface area contributed by atoms with Gasteiger partial charge in [0.25, 0.3) is 0 Å². The third-order valence-electron chi connectivity index (χ3n) is 7.30. The molecule has 1 aliphatic heterocycles. The van der Waals surface area contributed by atoms with Gasteiger partial charge in [-0.3, -0.25) is 4.79 Å². The number of nitrogens with one attached hydrogen (secondary N) is 2. The molecule has 3 aliphatic rings. The maximum absolute atomic E-state index is 12.2. The summed E-state index contributed by atoms with van der Waals surface area (Å²) in [6, 6.07) is 0.459. The summed E-state index contributed by atoms with van der Waals surface area (Å²) in [7, 11) is 0. The number of fused-ring (bicyclic) bond motifs is 1. The van der Waals surface area contributed by atoms with E-state index in [1.54, 1.807) is 0 Å². The Morgan fingerprint density at radius 2 is 1.89 bits per heavy atom. The minimum atomic E-state index is -1.83. The van der Waals surface area contributed by atoms with Crippen LogP contribution in [0.4, 0.5) is 10.5 Å². The van der Waals surface area contributed by atoms with Crippen molar-refractivity contribution in [2.45, 2.75) is 90.3 Å². The molecule has 36 heavy (non-hydrogen) atoms. The normalized spacial score (nSPS) is 23.3. The van der Waals surface area contributed by atoms with Gasteiger partial charge in [-0.15, -0.1) is 0 Å². The van der Waals surface area contributed by atoms with E-state index in [1.165, 1.54) is 32.1 Å². The van der Waals surface area contributed by atoms with Gasteiger partial charge in [0.15, 0.2) is 5.65 Å². The van der Waals surface area contributed by atoms with Gasteiger partial charge in [0.1, 0.15) is 5.60 Å². The summed E-state index contributed by atoms with van der Waals surface area (Å²) < 4.78 is 1.97. The Balaban J connectivity index is 0.000000709. The lowest BCUT2D eigenvalue weighted by atomic mass is 9.68. The maximum atomic E-state index is 12.2. The molecule has 0 radical (unpaired) electrons. The monoisotopic (exact) mass is 500 g/mol. The predicted molar refractivity (Wildman–Crippen MR) is 135 cm³/mol. The Bertz CT molecular complexity index is 1140. The molecule has 2 aromatic heterocycles. The lowest BCUT2D eigenvalue weighted by molar-refractivity contribution is -0.147. The molecule has 4 N–H and O–H groups in total. The Labute approximate surface area is 210 Å². The highest BCUT2D eigenvalue weighted by atomic mass is 16.7. The Kier molecular flexibility index (Phi) is 7.65. The van der Waals surface area contributed by atoms with Crippen molar-refractivity contribution in [2.24, 2.45) is 11.1 Å². The van der Waals surface area contributed by atoms with Gasteiger partial charge < -0.3 is 25.7 Å². The standard InChI is InChI=1S/C24H34N6O2.CH2O3/c1-4-25-23(31)16-11-24(12-16)13-19(29-32-24)18-14-26-22-20(15(3)28-30(22)5-2)21(18)27-17-9-7-6-8-10-17;2-1(3)4/h14,16-17H,4-13H2,1-3H3,(H,25,31)(H,26,27);(H2,2,3,4). The van der Waals surface area contributed by atoms with Crippen molar-refractivity contribution in [1.29, 1.82) is 0 Å². The number of rotatable bonds is 6. The summed E-state index contributed by atoms with van der Waals surface area (Å²) in [5.41, 5.74) is 4.60. The van der Waals surface area contributed by atoms with Crippen LogP contribution >= 0.6 is 0 Å². The molecule has 0 atom stereocenters. The average molecular weight is 501 g/mol. The van der Waals surface area contributed by atoms with Crippen LogP contribution in [0.15, 0.2) is 11.4 Å². The van der Waals surface area contributed by atoms with Crippen LogP contribution in [0, 0.1) is 12.8 Å². The fourth-order valence-electron chi connectivity index (χ4n) is 5.59. The van der Waals surface area contributed by atoms with Gasteiger partial charge in [0.2, 0.25) is 5.91 Å². The Hall–Kier alpha value is -3.37. The average Bonchev–Trinajstić information content (AvgIpc) is 3.41. The summed E-state index contributed by atoms with van der Waals surface area (Å²) in [5.74, 6) is 0.149. The molecule has 2 aromatic rings. The van der Waals surface area contributed by atoms with Gasteiger partial charge in [-0.05, 0) is 33.6 Å². The minimum Gasteiger partial charge on any atom is -0.450 e. The van der Waals surface area contributed by atoms with Gasteiger partial charge in [-0.1, -0.05) is 24.4 Å². The van der Waals surface area contributed by atoms with Crippen molar-refractivity contribution >= 4 is 34.5 Å². The molecule has 11 nitrogen and oxygen atoms in total. The zero-order valence-electron chi connectivity index (χ0n) is 21.2. The van der Waals surface area contributed by atoms with E-state index in [1.807, 2.05) is 17.8 Å². The Morgan fingerprint density at radius 1 is 1.19 bits per heavy atom. The number of carbonyl (C=O) groups is 2. The van der Waals surface area contributed by atoms with Crippen LogP contribution in [0.1, 0.15) is 76.5 Å².